The van der Waals surface area contributed by atoms with Crippen LogP contribution in [0.4, 0.5) is 34.1 Å². The average molecular weight is 1120 g/mol. The molecule has 0 atom stereocenters. The van der Waals surface area contributed by atoms with Crippen LogP contribution in [0.25, 0.3) is 94.9 Å². The van der Waals surface area contributed by atoms with Crippen molar-refractivity contribution >= 4 is 129 Å². The summed E-state index contributed by atoms with van der Waals surface area (Å²) in [6.45, 7) is 9.45. The maximum absolute atomic E-state index is 2.67. The summed E-state index contributed by atoms with van der Waals surface area (Å²) in [5.41, 5.74) is 20.8. The van der Waals surface area contributed by atoms with E-state index in [4.69, 9.17) is 0 Å². The lowest BCUT2D eigenvalue weighted by Crippen LogP contribution is -2.16. The molecule has 16 rings (SSSR count). The number of nitrogens with zero attached hydrogens (tertiary/aromatic N) is 2. The Hall–Kier alpha value is -8.28. The molecule has 14 aromatic rings. The van der Waals surface area contributed by atoms with Gasteiger partial charge in [0, 0.05) is 62.5 Å². The summed E-state index contributed by atoms with van der Waals surface area (Å²) >= 11 is 3.85. The zero-order chi connectivity index (χ0) is 56.2. The Kier molecular flexibility index (Phi) is 12.7. The lowest BCUT2D eigenvalue weighted by molar-refractivity contribution is 0.445. The number of para-hydroxylation sites is 2. The van der Waals surface area contributed by atoms with E-state index in [-0.39, 0.29) is 0 Å². The van der Waals surface area contributed by atoms with Crippen LogP contribution in [0.1, 0.15) is 109 Å². The molecule has 0 N–H and O–H groups in total. The van der Waals surface area contributed by atoms with E-state index < -0.39 is 0 Å². The topological polar surface area (TPSA) is 6.48 Å². The fourth-order valence-corrected chi connectivity index (χ4v) is 18.1. The van der Waals surface area contributed by atoms with Gasteiger partial charge in [-0.1, -0.05) is 196 Å². The van der Waals surface area contributed by atoms with Crippen LogP contribution >= 0.6 is 22.7 Å². The summed E-state index contributed by atoms with van der Waals surface area (Å²) < 4.78 is 5.37. The Morgan fingerprint density at radius 2 is 0.702 bits per heavy atom. The van der Waals surface area contributed by atoms with Gasteiger partial charge in [-0.15, -0.1) is 22.7 Å². The summed E-state index contributed by atoms with van der Waals surface area (Å²) in [6, 6.07) is 79.4. The van der Waals surface area contributed by atoms with Gasteiger partial charge in [0.2, 0.25) is 0 Å². The molecular formula is C80H68N2S2. The molecule has 4 heteroatoms. The molecule has 410 valence electrons. The highest BCUT2D eigenvalue weighted by molar-refractivity contribution is 7.26. The van der Waals surface area contributed by atoms with Crippen LogP contribution in [0.3, 0.4) is 0 Å². The predicted octanol–water partition coefficient (Wildman–Crippen LogP) is 24.9. The highest BCUT2D eigenvalue weighted by Gasteiger charge is 2.32. The van der Waals surface area contributed by atoms with Crippen LogP contribution in [-0.2, 0) is 0 Å². The Balaban J connectivity index is 0.987. The normalized spacial score (nSPS) is 14.6. The van der Waals surface area contributed by atoms with Crippen molar-refractivity contribution in [3.8, 4) is 22.3 Å². The molecule has 0 bridgehead atoms. The third kappa shape index (κ3) is 8.22. The molecule has 0 radical (unpaired) electrons. The highest BCUT2D eigenvalue weighted by Crippen LogP contribution is 2.56. The molecule has 2 nitrogen and oxygen atoms in total. The Morgan fingerprint density at radius 3 is 1.13 bits per heavy atom. The highest BCUT2D eigenvalue weighted by atomic mass is 32.1. The Labute approximate surface area is 501 Å². The second-order valence-electron chi connectivity index (χ2n) is 24.4. The molecule has 2 heterocycles. The number of thiophene rings is 2. The van der Waals surface area contributed by atoms with Crippen LogP contribution in [0, 0.1) is 27.7 Å². The van der Waals surface area contributed by atoms with Crippen molar-refractivity contribution < 1.29 is 0 Å². The minimum Gasteiger partial charge on any atom is -0.309 e. The molecule has 2 aliphatic carbocycles. The number of hydrogen-bond acceptors (Lipinski definition) is 4. The van der Waals surface area contributed by atoms with Gasteiger partial charge >= 0.3 is 0 Å². The van der Waals surface area contributed by atoms with Crippen LogP contribution < -0.4 is 9.80 Å². The van der Waals surface area contributed by atoms with E-state index in [0.717, 1.165) is 0 Å². The van der Waals surface area contributed by atoms with Crippen LogP contribution in [0.15, 0.2) is 206 Å². The number of hydrogen-bond donors (Lipinski definition) is 0. The predicted molar refractivity (Wildman–Crippen MR) is 367 cm³/mol. The van der Waals surface area contributed by atoms with Gasteiger partial charge in [0.25, 0.3) is 0 Å². The smallest absolute Gasteiger partial charge is 0.0543 e. The number of rotatable bonds is 10. The zero-order valence-corrected chi connectivity index (χ0v) is 50.2. The minimum atomic E-state index is 0.468. The summed E-state index contributed by atoms with van der Waals surface area (Å²) in [5, 5.41) is 13.6. The molecule has 12 aromatic carbocycles. The fourth-order valence-electron chi connectivity index (χ4n) is 15.7. The molecule has 84 heavy (non-hydrogen) atoms. The number of aryl methyl sites for hydroxylation is 2. The van der Waals surface area contributed by atoms with Gasteiger partial charge in [-0.3, -0.25) is 0 Å². The van der Waals surface area contributed by atoms with Crippen molar-refractivity contribution in [2.45, 2.75) is 104 Å². The van der Waals surface area contributed by atoms with Gasteiger partial charge in [0.15, 0.2) is 0 Å². The van der Waals surface area contributed by atoms with Crippen LogP contribution in [-0.4, -0.2) is 0 Å². The van der Waals surface area contributed by atoms with E-state index in [1.54, 1.807) is 0 Å². The first-order valence-corrected chi connectivity index (χ1v) is 32.5. The summed E-state index contributed by atoms with van der Waals surface area (Å²) in [6.07, 6.45) is 12.6. The van der Waals surface area contributed by atoms with Gasteiger partial charge < -0.3 is 9.80 Å². The standard InChI is InChI=1S/C80H68N2S2/c1-49-39-41-57(63-33-21-35-65-59-31-17-19-37-73(59)83-79(63)65)51(3)77(49)81(55-27-13-7-14-28-55)71-47-69(53-23-9-5-10-24-53)61-44-46-68-72(48-70(54-25-11-6-12-26-54)62-43-45-67(71)75(61)76(62)68)82(56-29-15-8-16-30-56)78-50(2)40-42-58(52(78)4)64-34-22-36-66-60-32-18-20-38-74(60)84-80(64)66/h7-8,13-22,27-48,53-54H,5-6,9-12,23-26H2,1-4H3. The van der Waals surface area contributed by atoms with Crippen molar-refractivity contribution in [1.29, 1.82) is 0 Å². The van der Waals surface area contributed by atoms with Crippen molar-refractivity contribution in [2.24, 2.45) is 0 Å². The molecule has 0 spiro atoms. The molecule has 0 saturated heterocycles. The molecule has 0 amide bonds. The number of benzene rings is 12. The van der Waals surface area contributed by atoms with Gasteiger partial charge in [-0.25, -0.2) is 0 Å². The Bertz CT molecular complexity index is 4550. The van der Waals surface area contributed by atoms with Crippen LogP contribution in [0.5, 0.6) is 0 Å². The van der Waals surface area contributed by atoms with Gasteiger partial charge in [0.1, 0.15) is 0 Å². The lowest BCUT2D eigenvalue weighted by Gasteiger charge is -2.35. The van der Waals surface area contributed by atoms with E-state index >= 15 is 0 Å². The third-order valence-electron chi connectivity index (χ3n) is 19.6. The first-order valence-electron chi connectivity index (χ1n) is 30.9. The van der Waals surface area contributed by atoms with Crippen LogP contribution in [0.2, 0.25) is 0 Å². The van der Waals surface area contributed by atoms with Gasteiger partial charge in [-0.2, -0.15) is 0 Å². The van der Waals surface area contributed by atoms with E-state index in [9.17, 15) is 0 Å². The average Bonchev–Trinajstić information content (AvgIpc) is 1.17. The molecule has 0 unspecified atom stereocenters. The van der Waals surface area contributed by atoms with E-state index in [1.165, 1.54) is 227 Å². The number of anilines is 6. The maximum Gasteiger partial charge on any atom is 0.0543 e. The Morgan fingerprint density at radius 1 is 0.321 bits per heavy atom. The van der Waals surface area contributed by atoms with E-state index in [2.05, 4.69) is 244 Å². The molecule has 2 fully saturated rings. The van der Waals surface area contributed by atoms with E-state index in [1.807, 2.05) is 22.7 Å². The SMILES string of the molecule is Cc1ccc(-c2cccc3c2sc2ccccc23)c(C)c1N(c1ccccc1)c1cc(C2CCCCC2)c2ccc3c(N(c4ccccc4)c4c(C)ccc(-c5cccc6c5sc5ccccc56)c4C)cc(C4CCCCC4)c4ccc1c2c43. The second-order valence-corrected chi connectivity index (χ2v) is 26.5. The monoisotopic (exact) mass is 1120 g/mol. The maximum atomic E-state index is 2.67. The third-order valence-corrected chi connectivity index (χ3v) is 22.1. The largest absolute Gasteiger partial charge is 0.309 e. The molecule has 2 saturated carbocycles. The number of fused-ring (bicyclic) bond motifs is 6. The van der Waals surface area contributed by atoms with E-state index in [0.29, 0.717) is 11.8 Å². The van der Waals surface area contributed by atoms with Gasteiger partial charge in [-0.05, 0) is 191 Å². The van der Waals surface area contributed by atoms with Crippen molar-refractivity contribution in [3.05, 3.63) is 240 Å². The summed E-state index contributed by atoms with van der Waals surface area (Å²) in [5.74, 6) is 0.936. The summed E-state index contributed by atoms with van der Waals surface area (Å²) in [4.78, 5) is 5.35. The first-order chi connectivity index (χ1) is 41.4. The van der Waals surface area contributed by atoms with Crippen molar-refractivity contribution in [3.63, 3.8) is 0 Å². The minimum absolute atomic E-state index is 0.468. The molecule has 2 aromatic heterocycles. The molecular weight excluding hydrogens is 1050 g/mol. The first kappa shape index (κ1) is 51.4. The van der Waals surface area contributed by atoms with Crippen molar-refractivity contribution in [1.82, 2.24) is 0 Å². The summed E-state index contributed by atoms with van der Waals surface area (Å²) in [7, 11) is 0. The molecule has 0 aliphatic heterocycles. The zero-order valence-electron chi connectivity index (χ0n) is 48.6. The molecule has 2 aliphatic rings. The van der Waals surface area contributed by atoms with Gasteiger partial charge in [0.05, 0.1) is 22.7 Å². The quantitative estimate of drug-likeness (QED) is 0.126. The fraction of sp³-hybridized carbons (Fsp3) is 0.200. The second kappa shape index (κ2) is 20.8. The van der Waals surface area contributed by atoms with Crippen molar-refractivity contribution in [2.75, 3.05) is 9.80 Å². The lowest BCUT2D eigenvalue weighted by atomic mass is 9.77.